The summed E-state index contributed by atoms with van der Waals surface area (Å²) in [5.41, 5.74) is 0. The minimum absolute atomic E-state index is 1.30. The summed E-state index contributed by atoms with van der Waals surface area (Å²) in [5, 5.41) is 0. The third-order valence-corrected chi connectivity index (χ3v) is 8.53. The van der Waals surface area contributed by atoms with Crippen molar-refractivity contribution in [3.63, 3.8) is 0 Å². The summed E-state index contributed by atoms with van der Waals surface area (Å²) in [7, 11) is -1.30. The summed E-state index contributed by atoms with van der Waals surface area (Å²) >= 11 is 8.86. The maximum atomic E-state index is 6.36. The molecule has 164 valence electrons. The largest absolute Gasteiger partial charge is 0.168 e. The maximum Gasteiger partial charge on any atom is 0.150 e. The minimum atomic E-state index is -1.30. The Hall–Kier alpha value is 1.24. The fraction of sp³-hybridized carbons (Fsp3) is 1.00. The van der Waals surface area contributed by atoms with E-state index in [-0.39, 0.29) is 0 Å². The summed E-state index contributed by atoms with van der Waals surface area (Å²) in [5.74, 6) is 0. The Morgan fingerprint density at radius 3 is 0.889 bits per heavy atom. The Balaban J connectivity index is 3.01. The van der Waals surface area contributed by atoms with Crippen LogP contribution in [0.25, 0.3) is 0 Å². The summed E-state index contributed by atoms with van der Waals surface area (Å²) in [4.78, 5) is 0. The predicted molar refractivity (Wildman–Crippen MR) is 139 cm³/mol. The van der Waals surface area contributed by atoms with Crippen molar-refractivity contribution in [2.75, 3.05) is 4.43 Å². The van der Waals surface area contributed by atoms with Gasteiger partial charge in [-0.3, -0.25) is 0 Å². The van der Waals surface area contributed by atoms with Crippen LogP contribution in [0.15, 0.2) is 0 Å². The molecule has 0 heterocycles. The number of rotatable bonds is 22. The SMILES string of the molecule is C[Si](C)(Cl)CCCCCCCCCCCCCCCCCCCCCCI. The number of hydrogen-bond donors (Lipinski definition) is 0. The van der Waals surface area contributed by atoms with Gasteiger partial charge in [0.25, 0.3) is 0 Å². The highest BCUT2D eigenvalue weighted by atomic mass is 127. The zero-order valence-corrected chi connectivity index (χ0v) is 22.7. The Morgan fingerprint density at radius 2 is 0.667 bits per heavy atom. The molecule has 0 aromatic rings. The smallest absolute Gasteiger partial charge is 0.150 e. The van der Waals surface area contributed by atoms with Crippen molar-refractivity contribution >= 4 is 41.1 Å². The van der Waals surface area contributed by atoms with Crippen LogP contribution in [0.4, 0.5) is 0 Å². The molecule has 0 bridgehead atoms. The average Bonchev–Trinajstić information content (AvgIpc) is 2.62. The first kappa shape index (κ1) is 28.2. The number of halogens is 2. The Morgan fingerprint density at radius 1 is 0.444 bits per heavy atom. The van der Waals surface area contributed by atoms with Gasteiger partial charge in [-0.15, -0.1) is 0 Å². The first-order chi connectivity index (χ1) is 13.1. The lowest BCUT2D eigenvalue weighted by Crippen LogP contribution is -2.14. The van der Waals surface area contributed by atoms with E-state index in [1.807, 2.05) is 0 Å². The highest BCUT2D eigenvalue weighted by molar-refractivity contribution is 14.1. The van der Waals surface area contributed by atoms with Gasteiger partial charge in [-0.25, -0.2) is 0 Å². The van der Waals surface area contributed by atoms with Gasteiger partial charge < -0.3 is 0 Å². The van der Waals surface area contributed by atoms with Crippen LogP contribution in [0.2, 0.25) is 19.1 Å². The molecule has 0 aromatic carbocycles. The van der Waals surface area contributed by atoms with E-state index in [1.165, 1.54) is 139 Å². The van der Waals surface area contributed by atoms with Crippen LogP contribution in [0, 0.1) is 0 Å². The van der Waals surface area contributed by atoms with E-state index < -0.39 is 7.38 Å². The van der Waals surface area contributed by atoms with Crippen LogP contribution >= 0.6 is 33.7 Å². The van der Waals surface area contributed by atoms with Crippen molar-refractivity contribution in [3.8, 4) is 0 Å². The van der Waals surface area contributed by atoms with Crippen LogP contribution < -0.4 is 0 Å². The maximum absolute atomic E-state index is 6.36. The molecule has 0 N–H and O–H groups in total. The van der Waals surface area contributed by atoms with Crippen molar-refractivity contribution in [3.05, 3.63) is 0 Å². The van der Waals surface area contributed by atoms with Gasteiger partial charge in [0.2, 0.25) is 0 Å². The summed E-state index contributed by atoms with van der Waals surface area (Å²) in [6, 6.07) is 1.30. The second kappa shape index (κ2) is 21.9. The topological polar surface area (TPSA) is 0 Å². The molecule has 0 amide bonds. The number of unbranched alkanes of at least 4 members (excludes halogenated alkanes) is 19. The van der Waals surface area contributed by atoms with Gasteiger partial charge >= 0.3 is 0 Å². The molecule has 0 aliphatic rings. The van der Waals surface area contributed by atoms with Gasteiger partial charge in [0.1, 0.15) is 7.38 Å². The monoisotopic (exact) mass is 528 g/mol. The molecule has 0 unspecified atom stereocenters. The average molecular weight is 529 g/mol. The fourth-order valence-corrected chi connectivity index (χ4v) is 5.85. The molecule has 27 heavy (non-hydrogen) atoms. The van der Waals surface area contributed by atoms with Crippen LogP contribution in [0.5, 0.6) is 0 Å². The standard InChI is InChI=1S/C24H50ClISi/c1-27(2,25)24-22-20-18-16-14-12-10-8-6-4-3-5-7-9-11-13-15-17-19-21-23-26/h3-24H2,1-2H3. The quantitative estimate of drug-likeness (QED) is 0.0431. The second-order valence-electron chi connectivity index (χ2n) is 9.23. The third kappa shape index (κ3) is 27.2. The molecule has 0 radical (unpaired) electrons. The molecule has 0 atom stereocenters. The molecule has 0 aromatic heterocycles. The Kier molecular flexibility index (Phi) is 22.9. The molecular formula is C24H50ClISi. The van der Waals surface area contributed by atoms with Crippen LogP contribution in [0.3, 0.4) is 0 Å². The molecule has 0 rings (SSSR count). The minimum Gasteiger partial charge on any atom is -0.168 e. The zero-order chi connectivity index (χ0) is 20.1. The molecule has 0 saturated heterocycles. The van der Waals surface area contributed by atoms with E-state index in [0.29, 0.717) is 0 Å². The molecule has 0 aliphatic carbocycles. The number of hydrogen-bond acceptors (Lipinski definition) is 0. The summed E-state index contributed by atoms with van der Waals surface area (Å²) in [6.07, 6.45) is 29.2. The summed E-state index contributed by atoms with van der Waals surface area (Å²) in [6.45, 7) is 4.54. The van der Waals surface area contributed by atoms with Gasteiger partial charge in [-0.1, -0.05) is 158 Å². The Labute approximate surface area is 192 Å². The van der Waals surface area contributed by atoms with Crippen LogP contribution in [-0.4, -0.2) is 11.8 Å². The van der Waals surface area contributed by atoms with E-state index >= 15 is 0 Å². The van der Waals surface area contributed by atoms with Gasteiger partial charge in [-0.2, -0.15) is 11.1 Å². The van der Waals surface area contributed by atoms with Crippen molar-refractivity contribution < 1.29 is 0 Å². The first-order valence-electron chi connectivity index (χ1n) is 12.3. The fourth-order valence-electron chi connectivity index (χ4n) is 3.82. The van der Waals surface area contributed by atoms with E-state index in [4.69, 9.17) is 11.1 Å². The highest BCUT2D eigenvalue weighted by Crippen LogP contribution is 2.19. The van der Waals surface area contributed by atoms with Crippen molar-refractivity contribution in [1.29, 1.82) is 0 Å². The summed E-state index contributed by atoms with van der Waals surface area (Å²) < 4.78 is 1.34. The van der Waals surface area contributed by atoms with Crippen molar-refractivity contribution in [2.24, 2.45) is 0 Å². The van der Waals surface area contributed by atoms with Gasteiger partial charge in [0, 0.05) is 0 Å². The Bertz CT molecular complexity index is 278. The molecule has 0 nitrogen and oxygen atoms in total. The molecule has 0 spiro atoms. The van der Waals surface area contributed by atoms with Crippen LogP contribution in [0.1, 0.15) is 128 Å². The number of alkyl halides is 1. The predicted octanol–water partition coefficient (Wildman–Crippen LogP) is 10.7. The lowest BCUT2D eigenvalue weighted by atomic mass is 10.0. The second-order valence-corrected chi connectivity index (χ2v) is 17.3. The molecule has 0 aliphatic heterocycles. The van der Waals surface area contributed by atoms with Crippen LogP contribution in [-0.2, 0) is 0 Å². The zero-order valence-electron chi connectivity index (χ0n) is 18.8. The lowest BCUT2D eigenvalue weighted by molar-refractivity contribution is 0.523. The van der Waals surface area contributed by atoms with Crippen molar-refractivity contribution in [2.45, 2.75) is 148 Å². The van der Waals surface area contributed by atoms with E-state index in [9.17, 15) is 0 Å². The van der Waals surface area contributed by atoms with E-state index in [1.54, 1.807) is 0 Å². The van der Waals surface area contributed by atoms with E-state index in [0.717, 1.165) is 0 Å². The lowest BCUT2D eigenvalue weighted by Gasteiger charge is -2.11. The van der Waals surface area contributed by atoms with Crippen molar-refractivity contribution in [1.82, 2.24) is 0 Å². The van der Waals surface area contributed by atoms with Gasteiger partial charge in [0.15, 0.2) is 0 Å². The van der Waals surface area contributed by atoms with Gasteiger partial charge in [0.05, 0.1) is 0 Å². The van der Waals surface area contributed by atoms with Gasteiger partial charge in [-0.05, 0) is 16.9 Å². The third-order valence-electron chi connectivity index (χ3n) is 5.65. The highest BCUT2D eigenvalue weighted by Gasteiger charge is 2.15. The normalized spacial score (nSPS) is 12.0. The molecular weight excluding hydrogens is 479 g/mol. The molecule has 0 saturated carbocycles. The molecule has 0 fully saturated rings. The van der Waals surface area contributed by atoms with E-state index in [2.05, 4.69) is 35.7 Å². The molecule has 3 heteroatoms. The first-order valence-corrected chi connectivity index (χ1v) is 18.1.